The molecule has 0 radical (unpaired) electrons. The van der Waals surface area contributed by atoms with Crippen molar-refractivity contribution >= 4 is 11.3 Å². The average molecular weight is 291 g/mol. The van der Waals surface area contributed by atoms with E-state index in [1.165, 1.54) is 4.88 Å². The minimum atomic E-state index is -0.486. The zero-order valence-corrected chi connectivity index (χ0v) is 12.8. The lowest BCUT2D eigenvalue weighted by molar-refractivity contribution is 0.0746. The van der Waals surface area contributed by atoms with Crippen LogP contribution in [0.5, 0.6) is 5.75 Å². The number of aliphatic hydroxyl groups is 1. The minimum Gasteiger partial charge on any atom is -0.491 e. The number of hydrogen-bond acceptors (Lipinski definition) is 4. The molecule has 0 aliphatic carbocycles. The van der Waals surface area contributed by atoms with Crippen molar-refractivity contribution in [3.05, 3.63) is 52.2 Å². The Bertz CT molecular complexity index is 513. The molecule has 20 heavy (non-hydrogen) atoms. The van der Waals surface area contributed by atoms with E-state index in [1.807, 2.05) is 44.3 Å². The van der Waals surface area contributed by atoms with Crippen LogP contribution < -0.4 is 4.74 Å². The third-order valence-corrected chi connectivity index (χ3v) is 3.82. The SMILES string of the molecule is Cc1cccc(OC[C@H](O)CN(C)Cc2cccs2)c1. The van der Waals surface area contributed by atoms with Crippen molar-refractivity contribution in [2.45, 2.75) is 19.6 Å². The molecular weight excluding hydrogens is 270 g/mol. The first-order valence-corrected chi connectivity index (χ1v) is 7.60. The van der Waals surface area contributed by atoms with Crippen LogP contribution >= 0.6 is 11.3 Å². The van der Waals surface area contributed by atoms with Crippen LogP contribution in [0.25, 0.3) is 0 Å². The van der Waals surface area contributed by atoms with Gasteiger partial charge in [-0.2, -0.15) is 0 Å². The average Bonchev–Trinajstić information content (AvgIpc) is 2.89. The van der Waals surface area contributed by atoms with Gasteiger partial charge in [-0.15, -0.1) is 11.3 Å². The van der Waals surface area contributed by atoms with E-state index in [-0.39, 0.29) is 0 Å². The standard InChI is InChI=1S/C16H21NO2S/c1-13-5-3-6-15(9-13)19-12-14(18)10-17(2)11-16-7-4-8-20-16/h3-9,14,18H,10-12H2,1-2H3/t14-/m1/s1. The molecule has 1 N–H and O–H groups in total. The minimum absolute atomic E-state index is 0.318. The largest absolute Gasteiger partial charge is 0.491 e. The van der Waals surface area contributed by atoms with Crippen LogP contribution in [0.1, 0.15) is 10.4 Å². The fourth-order valence-corrected chi connectivity index (χ4v) is 2.83. The molecule has 0 aliphatic heterocycles. The number of ether oxygens (including phenoxy) is 1. The molecule has 0 amide bonds. The first kappa shape index (κ1) is 15.0. The van der Waals surface area contributed by atoms with Crippen molar-refractivity contribution in [1.82, 2.24) is 4.90 Å². The lowest BCUT2D eigenvalue weighted by atomic mass is 10.2. The number of aryl methyl sites for hydroxylation is 1. The summed E-state index contributed by atoms with van der Waals surface area (Å²) in [5, 5.41) is 12.1. The first-order chi connectivity index (χ1) is 9.63. The third kappa shape index (κ3) is 4.96. The van der Waals surface area contributed by atoms with Crippen molar-refractivity contribution in [3.63, 3.8) is 0 Å². The van der Waals surface area contributed by atoms with Gasteiger partial charge in [0.05, 0.1) is 0 Å². The molecule has 0 bridgehead atoms. The van der Waals surface area contributed by atoms with Crippen molar-refractivity contribution in [1.29, 1.82) is 0 Å². The topological polar surface area (TPSA) is 32.7 Å². The van der Waals surface area contributed by atoms with Gasteiger partial charge in [0.2, 0.25) is 0 Å². The second-order valence-corrected chi connectivity index (χ2v) is 6.09. The van der Waals surface area contributed by atoms with E-state index >= 15 is 0 Å². The maximum atomic E-state index is 10.0. The van der Waals surface area contributed by atoms with E-state index in [0.717, 1.165) is 17.9 Å². The van der Waals surface area contributed by atoms with Gasteiger partial charge in [0, 0.05) is 18.0 Å². The van der Waals surface area contributed by atoms with Crippen LogP contribution in [-0.4, -0.2) is 36.3 Å². The van der Waals surface area contributed by atoms with Gasteiger partial charge in [0.15, 0.2) is 0 Å². The number of benzene rings is 1. The summed E-state index contributed by atoms with van der Waals surface area (Å²) in [6.07, 6.45) is -0.486. The second-order valence-electron chi connectivity index (χ2n) is 5.06. The van der Waals surface area contributed by atoms with E-state index in [4.69, 9.17) is 4.74 Å². The molecule has 0 saturated heterocycles. The summed E-state index contributed by atoms with van der Waals surface area (Å²) in [5.41, 5.74) is 1.16. The molecule has 1 aromatic carbocycles. The lowest BCUT2D eigenvalue weighted by Gasteiger charge is -2.20. The number of nitrogens with zero attached hydrogens (tertiary/aromatic N) is 1. The molecule has 1 atom stereocenters. The normalized spacial score (nSPS) is 12.6. The third-order valence-electron chi connectivity index (χ3n) is 2.96. The molecule has 1 heterocycles. The number of aliphatic hydroxyl groups excluding tert-OH is 1. The Labute approximate surface area is 124 Å². The molecule has 0 spiro atoms. The van der Waals surface area contributed by atoms with E-state index < -0.39 is 6.10 Å². The molecule has 0 aliphatic rings. The Balaban J connectivity index is 1.73. The Kier molecular flexibility index (Phi) is 5.59. The summed E-state index contributed by atoms with van der Waals surface area (Å²) < 4.78 is 5.61. The van der Waals surface area contributed by atoms with Gasteiger partial charge in [-0.05, 0) is 43.1 Å². The zero-order valence-electron chi connectivity index (χ0n) is 12.0. The van der Waals surface area contributed by atoms with Crippen molar-refractivity contribution in [2.75, 3.05) is 20.2 Å². The van der Waals surface area contributed by atoms with Gasteiger partial charge in [-0.25, -0.2) is 0 Å². The van der Waals surface area contributed by atoms with Crippen molar-refractivity contribution < 1.29 is 9.84 Å². The van der Waals surface area contributed by atoms with E-state index in [1.54, 1.807) is 11.3 Å². The summed E-state index contributed by atoms with van der Waals surface area (Å²) in [7, 11) is 2.01. The molecule has 2 aromatic rings. The van der Waals surface area contributed by atoms with Gasteiger partial charge in [0.25, 0.3) is 0 Å². The maximum absolute atomic E-state index is 10.0. The van der Waals surface area contributed by atoms with Crippen LogP contribution in [0, 0.1) is 6.92 Å². The first-order valence-electron chi connectivity index (χ1n) is 6.72. The Morgan fingerprint density at radius 3 is 2.85 bits per heavy atom. The summed E-state index contributed by atoms with van der Waals surface area (Å²) in [6.45, 7) is 3.80. The Hall–Kier alpha value is -1.36. The van der Waals surface area contributed by atoms with Crippen LogP contribution in [0.2, 0.25) is 0 Å². The van der Waals surface area contributed by atoms with E-state index in [2.05, 4.69) is 16.3 Å². The number of thiophene rings is 1. The highest BCUT2D eigenvalue weighted by atomic mass is 32.1. The number of likely N-dealkylation sites (N-methyl/N-ethyl adjacent to an activating group) is 1. The molecule has 1 aromatic heterocycles. The smallest absolute Gasteiger partial charge is 0.119 e. The molecule has 0 fully saturated rings. The quantitative estimate of drug-likeness (QED) is 0.851. The van der Waals surface area contributed by atoms with Crippen molar-refractivity contribution in [3.8, 4) is 5.75 Å². The highest BCUT2D eigenvalue weighted by Crippen LogP contribution is 2.13. The van der Waals surface area contributed by atoms with Gasteiger partial charge >= 0.3 is 0 Å². The maximum Gasteiger partial charge on any atom is 0.119 e. The molecule has 0 unspecified atom stereocenters. The van der Waals surface area contributed by atoms with Gasteiger partial charge < -0.3 is 9.84 Å². The highest BCUT2D eigenvalue weighted by Gasteiger charge is 2.10. The lowest BCUT2D eigenvalue weighted by Crippen LogP contribution is -2.32. The van der Waals surface area contributed by atoms with Crippen LogP contribution in [0.15, 0.2) is 41.8 Å². The number of hydrogen-bond donors (Lipinski definition) is 1. The fraction of sp³-hybridized carbons (Fsp3) is 0.375. The summed E-state index contributed by atoms with van der Waals surface area (Å²) in [6, 6.07) is 12.0. The number of rotatable bonds is 7. The molecule has 4 heteroatoms. The van der Waals surface area contributed by atoms with E-state index in [9.17, 15) is 5.11 Å². The molecular formula is C16H21NO2S. The van der Waals surface area contributed by atoms with Crippen LogP contribution in [-0.2, 0) is 6.54 Å². The van der Waals surface area contributed by atoms with Crippen LogP contribution in [0.3, 0.4) is 0 Å². The molecule has 108 valence electrons. The molecule has 0 saturated carbocycles. The van der Waals surface area contributed by atoms with Crippen LogP contribution in [0.4, 0.5) is 0 Å². The van der Waals surface area contributed by atoms with Gasteiger partial charge in [0.1, 0.15) is 18.5 Å². The summed E-state index contributed by atoms with van der Waals surface area (Å²) >= 11 is 1.74. The monoisotopic (exact) mass is 291 g/mol. The highest BCUT2D eigenvalue weighted by molar-refractivity contribution is 7.09. The van der Waals surface area contributed by atoms with Gasteiger partial charge in [-0.1, -0.05) is 18.2 Å². The summed E-state index contributed by atoms with van der Waals surface area (Å²) in [4.78, 5) is 3.41. The van der Waals surface area contributed by atoms with Crippen molar-refractivity contribution in [2.24, 2.45) is 0 Å². The van der Waals surface area contributed by atoms with Gasteiger partial charge in [-0.3, -0.25) is 4.90 Å². The molecule has 2 rings (SSSR count). The fourth-order valence-electron chi connectivity index (χ4n) is 2.04. The predicted molar refractivity (Wildman–Crippen MR) is 83.3 cm³/mol. The summed E-state index contributed by atoms with van der Waals surface area (Å²) in [5.74, 6) is 0.810. The molecule has 3 nitrogen and oxygen atoms in total. The zero-order chi connectivity index (χ0) is 14.4. The predicted octanol–water partition coefficient (Wildman–Crippen LogP) is 2.93. The second kappa shape index (κ2) is 7.43. The Morgan fingerprint density at radius 1 is 1.30 bits per heavy atom. The van der Waals surface area contributed by atoms with E-state index in [0.29, 0.717) is 13.2 Å². The Morgan fingerprint density at radius 2 is 2.15 bits per heavy atom.